The number of nitro groups is 1. The van der Waals surface area contributed by atoms with E-state index < -0.39 is 0 Å². The van der Waals surface area contributed by atoms with E-state index in [1.54, 1.807) is 37.6 Å². The summed E-state index contributed by atoms with van der Waals surface area (Å²) < 4.78 is 5.18. The number of ether oxygens (including phenoxy) is 1. The van der Waals surface area contributed by atoms with Gasteiger partial charge in [0.1, 0.15) is 5.69 Å². The molecule has 6 nitrogen and oxygen atoms in total. The highest BCUT2D eigenvalue weighted by Gasteiger charge is 2.22. The average molecular weight is 289 g/mol. The minimum Gasteiger partial charge on any atom is -0.383 e. The first-order valence-electron chi connectivity index (χ1n) is 6.82. The summed E-state index contributed by atoms with van der Waals surface area (Å²) in [6.07, 6.45) is 1.63. The maximum Gasteiger partial charge on any atom is 0.301 e. The lowest BCUT2D eigenvalue weighted by molar-refractivity contribution is -0.382. The third-order valence-electron chi connectivity index (χ3n) is 3.43. The summed E-state index contributed by atoms with van der Waals surface area (Å²) in [5.74, 6) is 0.286. The van der Waals surface area contributed by atoms with Crippen molar-refractivity contribution in [3.8, 4) is 0 Å². The first-order valence-corrected chi connectivity index (χ1v) is 6.82. The van der Waals surface area contributed by atoms with Crippen molar-refractivity contribution in [2.45, 2.75) is 19.9 Å². The molecule has 0 spiro atoms. The Balaban J connectivity index is 2.48. The first kappa shape index (κ1) is 15.2. The molecule has 1 atom stereocenters. The fraction of sp³-hybridized carbons (Fsp3) is 0.400. The number of hydrogen-bond acceptors (Lipinski definition) is 5. The second-order valence-electron chi connectivity index (χ2n) is 5.24. The Labute approximate surface area is 123 Å². The fourth-order valence-corrected chi connectivity index (χ4v) is 2.23. The van der Waals surface area contributed by atoms with Crippen LogP contribution in [0.4, 0.5) is 11.4 Å². The van der Waals surface area contributed by atoms with Crippen LogP contribution in [0, 0.1) is 16.0 Å². The van der Waals surface area contributed by atoms with Crippen LogP contribution in [0.3, 0.4) is 0 Å². The molecule has 112 valence electrons. The number of methoxy groups -OCH3 is 1. The molecule has 0 aliphatic rings. The lowest BCUT2D eigenvalue weighted by Crippen LogP contribution is -2.30. The average Bonchev–Trinajstić information content (AvgIpc) is 2.45. The van der Waals surface area contributed by atoms with Crippen LogP contribution < -0.4 is 5.32 Å². The lowest BCUT2D eigenvalue weighted by Gasteiger charge is -2.22. The van der Waals surface area contributed by atoms with Gasteiger partial charge in [0.05, 0.1) is 28.5 Å². The van der Waals surface area contributed by atoms with Crippen molar-refractivity contribution in [2.24, 2.45) is 5.92 Å². The van der Waals surface area contributed by atoms with Crippen molar-refractivity contribution >= 4 is 22.3 Å². The molecule has 1 N–H and O–H groups in total. The summed E-state index contributed by atoms with van der Waals surface area (Å²) in [4.78, 5) is 15.2. The first-order chi connectivity index (χ1) is 10.0. The zero-order valence-corrected chi connectivity index (χ0v) is 12.4. The summed E-state index contributed by atoms with van der Waals surface area (Å²) in [5, 5.41) is 15.2. The van der Waals surface area contributed by atoms with E-state index >= 15 is 0 Å². The quantitative estimate of drug-likeness (QED) is 0.652. The molecule has 1 aromatic heterocycles. The Morgan fingerprint density at radius 3 is 2.76 bits per heavy atom. The largest absolute Gasteiger partial charge is 0.383 e. The molecule has 0 saturated heterocycles. The fourth-order valence-electron chi connectivity index (χ4n) is 2.23. The third kappa shape index (κ3) is 3.28. The summed E-state index contributed by atoms with van der Waals surface area (Å²) in [6.45, 7) is 4.58. The molecule has 0 fully saturated rings. The van der Waals surface area contributed by atoms with Crippen LogP contribution in [0.2, 0.25) is 0 Å². The van der Waals surface area contributed by atoms with E-state index in [0.29, 0.717) is 23.2 Å². The van der Waals surface area contributed by atoms with Gasteiger partial charge in [-0.15, -0.1) is 0 Å². The molecular weight excluding hydrogens is 270 g/mol. The molecule has 0 saturated carbocycles. The van der Waals surface area contributed by atoms with E-state index in [9.17, 15) is 10.1 Å². The molecular formula is C15H19N3O3. The van der Waals surface area contributed by atoms with Crippen LogP contribution in [0.25, 0.3) is 10.9 Å². The highest BCUT2D eigenvalue weighted by atomic mass is 16.6. The number of rotatable bonds is 6. The standard InChI is InChI=1S/C15H19N3O3/c1-10(2)14(9-21-3)17-13-7-6-12-11(5-4-8-16-12)15(13)18(19)20/h4-8,10,14,17H,9H2,1-3H3. The zero-order chi connectivity index (χ0) is 15.4. The summed E-state index contributed by atoms with van der Waals surface area (Å²) in [6, 6.07) is 6.91. The Bertz CT molecular complexity index is 643. The van der Waals surface area contributed by atoms with Crippen LogP contribution in [0.15, 0.2) is 30.5 Å². The van der Waals surface area contributed by atoms with E-state index in [1.807, 2.05) is 13.8 Å². The number of fused-ring (bicyclic) bond motifs is 1. The number of hydrogen-bond donors (Lipinski definition) is 1. The maximum atomic E-state index is 11.5. The van der Waals surface area contributed by atoms with Crippen molar-refractivity contribution in [2.75, 3.05) is 19.0 Å². The molecule has 0 bridgehead atoms. The summed E-state index contributed by atoms with van der Waals surface area (Å²) in [7, 11) is 1.62. The number of benzene rings is 1. The summed E-state index contributed by atoms with van der Waals surface area (Å²) in [5.41, 5.74) is 1.17. The molecule has 2 aromatic rings. The molecule has 2 rings (SSSR count). The van der Waals surface area contributed by atoms with Gasteiger partial charge in [0.25, 0.3) is 0 Å². The maximum absolute atomic E-state index is 11.5. The number of nitrogens with one attached hydrogen (secondary N) is 1. The highest BCUT2D eigenvalue weighted by Crippen LogP contribution is 2.33. The van der Waals surface area contributed by atoms with Crippen LogP contribution in [-0.2, 0) is 4.74 Å². The van der Waals surface area contributed by atoms with Gasteiger partial charge in [0, 0.05) is 13.3 Å². The second kappa shape index (κ2) is 6.49. The van der Waals surface area contributed by atoms with Crippen LogP contribution in [0.5, 0.6) is 0 Å². The van der Waals surface area contributed by atoms with E-state index in [2.05, 4.69) is 10.3 Å². The Morgan fingerprint density at radius 2 is 2.14 bits per heavy atom. The molecule has 0 radical (unpaired) electrons. The highest BCUT2D eigenvalue weighted by molar-refractivity contribution is 5.94. The Hall–Kier alpha value is -2.21. The van der Waals surface area contributed by atoms with Gasteiger partial charge in [-0.05, 0) is 30.2 Å². The van der Waals surface area contributed by atoms with Gasteiger partial charge in [-0.25, -0.2) is 0 Å². The minimum atomic E-state index is -0.365. The van der Waals surface area contributed by atoms with Crippen LogP contribution >= 0.6 is 0 Å². The lowest BCUT2D eigenvalue weighted by atomic mass is 10.0. The molecule has 1 unspecified atom stereocenters. The van der Waals surface area contributed by atoms with Gasteiger partial charge in [0.2, 0.25) is 0 Å². The molecule has 0 amide bonds. The summed E-state index contributed by atoms with van der Waals surface area (Å²) >= 11 is 0. The Kier molecular flexibility index (Phi) is 4.70. The van der Waals surface area contributed by atoms with Gasteiger partial charge < -0.3 is 10.1 Å². The molecule has 21 heavy (non-hydrogen) atoms. The second-order valence-corrected chi connectivity index (χ2v) is 5.24. The Morgan fingerprint density at radius 1 is 1.38 bits per heavy atom. The van der Waals surface area contributed by atoms with E-state index in [1.165, 1.54) is 0 Å². The number of aromatic nitrogens is 1. The van der Waals surface area contributed by atoms with Gasteiger partial charge in [-0.3, -0.25) is 15.1 Å². The zero-order valence-electron chi connectivity index (χ0n) is 12.4. The number of nitrogens with zero attached hydrogens (tertiary/aromatic N) is 2. The molecule has 1 aromatic carbocycles. The number of nitro benzene ring substituents is 1. The van der Waals surface area contributed by atoms with Crippen molar-refractivity contribution in [1.29, 1.82) is 0 Å². The SMILES string of the molecule is COCC(Nc1ccc2ncccc2c1[N+](=O)[O-])C(C)C. The monoisotopic (exact) mass is 289 g/mol. The molecule has 6 heteroatoms. The number of pyridine rings is 1. The van der Waals surface area contributed by atoms with Crippen molar-refractivity contribution in [1.82, 2.24) is 4.98 Å². The van der Waals surface area contributed by atoms with Gasteiger partial charge in [0.15, 0.2) is 0 Å². The van der Waals surface area contributed by atoms with Gasteiger partial charge >= 0.3 is 5.69 Å². The number of anilines is 1. The van der Waals surface area contributed by atoms with Crippen LogP contribution in [-0.4, -0.2) is 29.7 Å². The molecule has 0 aliphatic carbocycles. The third-order valence-corrected chi connectivity index (χ3v) is 3.43. The van der Waals surface area contributed by atoms with Gasteiger partial charge in [-0.1, -0.05) is 13.8 Å². The minimum absolute atomic E-state index is 0.00261. The molecule has 1 heterocycles. The van der Waals surface area contributed by atoms with Crippen molar-refractivity contribution < 1.29 is 9.66 Å². The van der Waals surface area contributed by atoms with Crippen LogP contribution in [0.1, 0.15) is 13.8 Å². The topological polar surface area (TPSA) is 77.3 Å². The normalized spacial score (nSPS) is 12.6. The van der Waals surface area contributed by atoms with E-state index in [4.69, 9.17) is 4.74 Å². The van der Waals surface area contributed by atoms with Crippen molar-refractivity contribution in [3.63, 3.8) is 0 Å². The van der Waals surface area contributed by atoms with Crippen molar-refractivity contribution in [3.05, 3.63) is 40.6 Å². The predicted molar refractivity (Wildman–Crippen MR) is 82.5 cm³/mol. The smallest absolute Gasteiger partial charge is 0.301 e. The van der Waals surface area contributed by atoms with E-state index in [-0.39, 0.29) is 22.6 Å². The van der Waals surface area contributed by atoms with E-state index in [0.717, 1.165) is 0 Å². The molecule has 0 aliphatic heterocycles. The van der Waals surface area contributed by atoms with Gasteiger partial charge in [-0.2, -0.15) is 0 Å². The predicted octanol–water partition coefficient (Wildman–Crippen LogP) is 3.23.